The molecule has 5 nitrogen and oxygen atoms in total. The van der Waals surface area contributed by atoms with E-state index in [-0.39, 0.29) is 17.6 Å². The highest BCUT2D eigenvalue weighted by Crippen LogP contribution is 2.42. The van der Waals surface area contributed by atoms with E-state index in [1.165, 1.54) is 4.31 Å². The lowest BCUT2D eigenvalue weighted by Gasteiger charge is -2.35. The average molecular weight is 318 g/mol. The van der Waals surface area contributed by atoms with E-state index < -0.39 is 10.0 Å². The zero-order valence-electron chi connectivity index (χ0n) is 12.4. The first-order valence-corrected chi connectivity index (χ1v) is 9.00. The third kappa shape index (κ3) is 1.87. The van der Waals surface area contributed by atoms with Gasteiger partial charge in [0.15, 0.2) is 5.78 Å². The Morgan fingerprint density at radius 1 is 1.27 bits per heavy atom. The first-order chi connectivity index (χ1) is 10.5. The number of sulfonamides is 1. The molecule has 2 aliphatic heterocycles. The Morgan fingerprint density at radius 2 is 2.05 bits per heavy atom. The second-order valence-electron chi connectivity index (χ2n) is 6.36. The van der Waals surface area contributed by atoms with Crippen molar-refractivity contribution in [1.82, 2.24) is 4.31 Å². The number of benzene rings is 1. The highest BCUT2D eigenvalue weighted by atomic mass is 32.2. The number of nitrogens with zero attached hydrogens (tertiary/aromatic N) is 1. The van der Waals surface area contributed by atoms with Crippen LogP contribution in [0.1, 0.15) is 13.3 Å². The van der Waals surface area contributed by atoms with Gasteiger partial charge in [-0.3, -0.25) is 4.79 Å². The van der Waals surface area contributed by atoms with E-state index in [9.17, 15) is 13.2 Å². The third-order valence-corrected chi connectivity index (χ3v) is 6.93. The van der Waals surface area contributed by atoms with Crippen LogP contribution < -0.4 is 5.32 Å². The molecule has 0 aromatic heterocycles. The molecule has 116 valence electrons. The number of hydrogen-bond acceptors (Lipinski definition) is 4. The highest BCUT2D eigenvalue weighted by Gasteiger charge is 2.44. The first-order valence-electron chi connectivity index (χ1n) is 7.56. The molecule has 3 atom stereocenters. The van der Waals surface area contributed by atoms with Crippen molar-refractivity contribution in [3.05, 3.63) is 35.4 Å². The van der Waals surface area contributed by atoms with Crippen molar-refractivity contribution < 1.29 is 13.2 Å². The molecule has 6 heteroatoms. The summed E-state index contributed by atoms with van der Waals surface area (Å²) >= 11 is 0. The average Bonchev–Trinajstić information content (AvgIpc) is 2.82. The van der Waals surface area contributed by atoms with Gasteiger partial charge in [0.1, 0.15) is 4.90 Å². The van der Waals surface area contributed by atoms with Crippen LogP contribution in [-0.2, 0) is 14.8 Å². The van der Waals surface area contributed by atoms with Crippen molar-refractivity contribution in [2.75, 3.05) is 25.0 Å². The number of Topliss-reactive ketones (excluding diaryl/α,β-unsaturated/α-hetero) is 1. The summed E-state index contributed by atoms with van der Waals surface area (Å²) < 4.78 is 27.5. The fourth-order valence-corrected chi connectivity index (χ4v) is 5.55. The van der Waals surface area contributed by atoms with Crippen LogP contribution in [0.4, 0.5) is 5.69 Å². The molecule has 2 heterocycles. The summed E-state index contributed by atoms with van der Waals surface area (Å²) in [5.74, 6) is 0.542. The summed E-state index contributed by atoms with van der Waals surface area (Å²) in [5, 5.41) is 3.16. The Morgan fingerprint density at radius 3 is 2.86 bits per heavy atom. The van der Waals surface area contributed by atoms with E-state index in [2.05, 4.69) is 5.32 Å². The Balaban J connectivity index is 1.92. The molecule has 1 fully saturated rings. The molecule has 2 bridgehead atoms. The van der Waals surface area contributed by atoms with Gasteiger partial charge in [-0.25, -0.2) is 8.42 Å². The van der Waals surface area contributed by atoms with E-state index in [0.29, 0.717) is 36.6 Å². The van der Waals surface area contributed by atoms with Crippen LogP contribution >= 0.6 is 0 Å². The number of anilines is 1. The number of rotatable bonds is 0. The number of carbonyl (C=O) groups excluding carboxylic acids is 1. The van der Waals surface area contributed by atoms with Gasteiger partial charge in [0.05, 0.1) is 5.69 Å². The Labute approximate surface area is 130 Å². The summed E-state index contributed by atoms with van der Waals surface area (Å²) in [6.45, 7) is 3.29. The minimum atomic E-state index is -3.54. The highest BCUT2D eigenvalue weighted by molar-refractivity contribution is 7.89. The molecule has 0 radical (unpaired) electrons. The number of carbonyl (C=O) groups is 1. The van der Waals surface area contributed by atoms with Crippen LogP contribution in [0.5, 0.6) is 0 Å². The van der Waals surface area contributed by atoms with Gasteiger partial charge >= 0.3 is 0 Å². The fourth-order valence-electron chi connectivity index (χ4n) is 3.86. The number of fused-ring (bicyclic) bond motifs is 2. The van der Waals surface area contributed by atoms with Crippen LogP contribution in [0, 0.1) is 11.8 Å². The number of para-hydroxylation sites is 1. The van der Waals surface area contributed by atoms with Crippen molar-refractivity contribution in [2.24, 2.45) is 11.8 Å². The molecule has 1 aromatic carbocycles. The molecule has 1 aromatic rings. The first kappa shape index (κ1) is 14.0. The van der Waals surface area contributed by atoms with Crippen LogP contribution in [0.25, 0.3) is 0 Å². The number of ketones is 1. The van der Waals surface area contributed by atoms with Crippen molar-refractivity contribution in [2.45, 2.75) is 18.2 Å². The number of piperidine rings is 1. The molecule has 1 saturated heterocycles. The summed E-state index contributed by atoms with van der Waals surface area (Å²) in [7, 11) is -3.54. The van der Waals surface area contributed by atoms with E-state index >= 15 is 0 Å². The quantitative estimate of drug-likeness (QED) is 0.790. The van der Waals surface area contributed by atoms with Gasteiger partial charge in [-0.05, 0) is 29.5 Å². The molecule has 0 saturated carbocycles. The van der Waals surface area contributed by atoms with Gasteiger partial charge in [0.25, 0.3) is 0 Å². The lowest BCUT2D eigenvalue weighted by atomic mass is 9.85. The van der Waals surface area contributed by atoms with Crippen LogP contribution in [0.15, 0.2) is 40.3 Å². The number of nitrogens with one attached hydrogen (secondary N) is 1. The fraction of sp³-hybridized carbons (Fsp3) is 0.438. The Bertz CT molecular complexity index is 797. The molecule has 4 rings (SSSR count). The van der Waals surface area contributed by atoms with Crippen LogP contribution in [-0.4, -0.2) is 38.1 Å². The molecule has 0 amide bonds. The maximum absolute atomic E-state index is 13.0. The van der Waals surface area contributed by atoms with Crippen molar-refractivity contribution in [3.63, 3.8) is 0 Å². The Kier molecular flexibility index (Phi) is 2.96. The molecule has 1 aliphatic carbocycles. The normalized spacial score (nSPS) is 32.6. The molecule has 22 heavy (non-hydrogen) atoms. The lowest BCUT2D eigenvalue weighted by Crippen LogP contribution is -2.43. The molecular weight excluding hydrogens is 300 g/mol. The standard InChI is InChI=1S/C16H18N2O3S/c1-10-8-18-9-13-11(10)6-15(19)12(13)7-17-14-4-2-3-5-16(14)22(18,20)21/h2-5,10-11,17H,6-9H2,1H3/t10-,11-/m1/s1. The van der Waals surface area contributed by atoms with Crippen molar-refractivity contribution in [1.29, 1.82) is 0 Å². The van der Waals surface area contributed by atoms with Gasteiger partial charge in [0.2, 0.25) is 10.0 Å². The summed E-state index contributed by atoms with van der Waals surface area (Å²) in [6.07, 6.45) is 0.531. The van der Waals surface area contributed by atoms with Crippen molar-refractivity contribution >= 4 is 21.5 Å². The maximum atomic E-state index is 13.0. The summed E-state index contributed by atoms with van der Waals surface area (Å²) in [4.78, 5) is 12.6. The summed E-state index contributed by atoms with van der Waals surface area (Å²) in [6, 6.07) is 6.93. The van der Waals surface area contributed by atoms with Gasteiger partial charge in [-0.1, -0.05) is 19.1 Å². The minimum absolute atomic E-state index is 0.165. The minimum Gasteiger partial charge on any atom is -0.380 e. The van der Waals surface area contributed by atoms with E-state index in [0.717, 1.165) is 11.1 Å². The second kappa shape index (κ2) is 4.67. The number of hydrogen-bond donors (Lipinski definition) is 1. The molecule has 1 N–H and O–H groups in total. The topological polar surface area (TPSA) is 66.5 Å². The van der Waals surface area contributed by atoms with Crippen LogP contribution in [0.2, 0.25) is 0 Å². The molecule has 3 aliphatic rings. The van der Waals surface area contributed by atoms with Gasteiger partial charge in [-0.15, -0.1) is 0 Å². The zero-order chi connectivity index (χ0) is 15.5. The largest absolute Gasteiger partial charge is 0.380 e. The summed E-state index contributed by atoms with van der Waals surface area (Å²) in [5.41, 5.74) is 2.38. The second-order valence-corrected chi connectivity index (χ2v) is 8.27. The smallest absolute Gasteiger partial charge is 0.245 e. The maximum Gasteiger partial charge on any atom is 0.245 e. The van der Waals surface area contributed by atoms with E-state index in [4.69, 9.17) is 0 Å². The van der Waals surface area contributed by atoms with Gasteiger partial charge in [0, 0.05) is 31.6 Å². The predicted octanol–water partition coefficient (Wildman–Crippen LogP) is 1.64. The third-order valence-electron chi connectivity index (χ3n) is 5.06. The van der Waals surface area contributed by atoms with Gasteiger partial charge < -0.3 is 5.32 Å². The van der Waals surface area contributed by atoms with Gasteiger partial charge in [-0.2, -0.15) is 4.31 Å². The predicted molar refractivity (Wildman–Crippen MR) is 83.0 cm³/mol. The SMILES string of the molecule is C[C@@H]1CN2CC3=C(CNc4ccccc4S2(=O)=O)C(=O)C[C@@H]31. The van der Waals surface area contributed by atoms with E-state index in [1.807, 2.05) is 6.92 Å². The molecule has 1 unspecified atom stereocenters. The molecular formula is C16H18N2O3S. The zero-order valence-corrected chi connectivity index (χ0v) is 13.2. The molecule has 0 spiro atoms. The lowest BCUT2D eigenvalue weighted by molar-refractivity contribution is -0.115. The van der Waals surface area contributed by atoms with E-state index in [1.54, 1.807) is 24.3 Å². The van der Waals surface area contributed by atoms with Crippen LogP contribution in [0.3, 0.4) is 0 Å². The monoisotopic (exact) mass is 318 g/mol. The Hall–Kier alpha value is -1.66. The van der Waals surface area contributed by atoms with Crippen molar-refractivity contribution in [3.8, 4) is 0 Å².